The van der Waals surface area contributed by atoms with Crippen molar-refractivity contribution in [2.24, 2.45) is 0 Å². The molecule has 0 aliphatic heterocycles. The molecule has 0 unspecified atom stereocenters. The van der Waals surface area contributed by atoms with Crippen LogP contribution in [0, 0.1) is 5.82 Å². The number of carbonyl (C=O) groups excluding carboxylic acids is 1. The highest BCUT2D eigenvalue weighted by Crippen LogP contribution is 2.35. The smallest absolute Gasteiger partial charge is 0.354 e. The topological polar surface area (TPSA) is 89.4 Å². The van der Waals surface area contributed by atoms with Crippen LogP contribution in [0.2, 0.25) is 5.02 Å². The Bertz CT molecular complexity index is 1270. The number of nitrogens with one attached hydrogen (secondary N) is 2. The van der Waals surface area contributed by atoms with E-state index < -0.39 is 11.8 Å². The number of ether oxygens (including phenoxy) is 2. The maximum Gasteiger partial charge on any atom is 0.354 e. The fourth-order valence-corrected chi connectivity index (χ4v) is 3.35. The fraction of sp³-hybridized carbons (Fsp3) is 0.0870. The highest BCUT2D eigenvalue weighted by atomic mass is 35.5. The summed E-state index contributed by atoms with van der Waals surface area (Å²) in [5.41, 5.74) is 8.00. The molecule has 158 valence electrons. The summed E-state index contributed by atoms with van der Waals surface area (Å²) < 4.78 is 25.0. The van der Waals surface area contributed by atoms with Crippen LogP contribution < -0.4 is 15.8 Å². The second-order valence-electron chi connectivity index (χ2n) is 6.73. The summed E-state index contributed by atoms with van der Waals surface area (Å²) >= 11 is 6.39. The quantitative estimate of drug-likeness (QED) is 0.244. The average Bonchev–Trinajstić information content (AvgIpc) is 3.19. The third kappa shape index (κ3) is 4.41. The van der Waals surface area contributed by atoms with Crippen molar-refractivity contribution in [3.8, 4) is 11.5 Å². The van der Waals surface area contributed by atoms with Crippen LogP contribution >= 0.6 is 11.6 Å². The third-order valence-corrected chi connectivity index (χ3v) is 4.83. The van der Waals surface area contributed by atoms with Crippen LogP contribution in [0.1, 0.15) is 17.4 Å². The van der Waals surface area contributed by atoms with E-state index in [1.165, 1.54) is 6.07 Å². The van der Waals surface area contributed by atoms with E-state index >= 15 is 0 Å². The molecule has 0 amide bonds. The van der Waals surface area contributed by atoms with Crippen molar-refractivity contribution in [2.75, 3.05) is 17.7 Å². The van der Waals surface area contributed by atoms with Gasteiger partial charge in [0.05, 0.1) is 17.1 Å². The Morgan fingerprint density at radius 1 is 1.16 bits per heavy atom. The number of H-pyrrole nitrogens is 1. The number of fused-ring (bicyclic) bond motifs is 1. The van der Waals surface area contributed by atoms with Crippen LogP contribution in [0.3, 0.4) is 0 Å². The maximum absolute atomic E-state index is 14.3. The van der Waals surface area contributed by atoms with E-state index in [2.05, 4.69) is 10.3 Å². The summed E-state index contributed by atoms with van der Waals surface area (Å²) in [7, 11) is 0. The molecule has 0 saturated heterocycles. The Morgan fingerprint density at radius 2 is 2.00 bits per heavy atom. The number of aromatic nitrogens is 1. The van der Waals surface area contributed by atoms with Gasteiger partial charge in [0.1, 0.15) is 23.0 Å². The van der Waals surface area contributed by atoms with Crippen molar-refractivity contribution in [3.63, 3.8) is 0 Å². The number of rotatable bonds is 6. The molecule has 0 bridgehead atoms. The second-order valence-corrected chi connectivity index (χ2v) is 7.14. The number of nitrogen functional groups attached to an aromatic ring is 1. The van der Waals surface area contributed by atoms with E-state index in [1.54, 1.807) is 61.5 Å². The SMILES string of the molecule is CCOC(=O)c1cc2c(Nc3ccc(Oc4cccc(N)c4)c(Cl)c3)ccc(F)c2[nH]1. The molecule has 4 N–H and O–H groups in total. The van der Waals surface area contributed by atoms with Crippen LogP contribution in [0.25, 0.3) is 10.9 Å². The summed E-state index contributed by atoms with van der Waals surface area (Å²) in [6.07, 6.45) is 0. The number of esters is 1. The second kappa shape index (κ2) is 8.57. The van der Waals surface area contributed by atoms with Gasteiger partial charge in [-0.25, -0.2) is 9.18 Å². The molecule has 1 aromatic heterocycles. The van der Waals surface area contributed by atoms with Crippen LogP contribution in [-0.4, -0.2) is 17.6 Å². The van der Waals surface area contributed by atoms with Gasteiger partial charge in [-0.3, -0.25) is 0 Å². The van der Waals surface area contributed by atoms with Crippen molar-refractivity contribution in [1.29, 1.82) is 0 Å². The molecule has 0 fully saturated rings. The molecular formula is C23H19ClFN3O3. The monoisotopic (exact) mass is 439 g/mol. The first-order valence-electron chi connectivity index (χ1n) is 9.53. The minimum absolute atomic E-state index is 0.175. The molecule has 0 spiro atoms. The minimum Gasteiger partial charge on any atom is -0.461 e. The highest BCUT2D eigenvalue weighted by molar-refractivity contribution is 6.32. The standard InChI is InChI=1S/C23H19ClFN3O3/c1-2-30-23(29)20-12-16-19(8-7-18(25)22(16)28-20)27-14-6-9-21(17(24)11-14)31-15-5-3-4-13(26)10-15/h3-12,27-28H,2,26H2,1H3. The molecule has 4 aromatic rings. The first-order chi connectivity index (χ1) is 14.9. The fourth-order valence-electron chi connectivity index (χ4n) is 3.13. The molecule has 3 aromatic carbocycles. The number of aromatic amines is 1. The molecular weight excluding hydrogens is 421 g/mol. The molecule has 0 atom stereocenters. The summed E-state index contributed by atoms with van der Waals surface area (Å²) in [5, 5.41) is 4.10. The zero-order valence-corrected chi connectivity index (χ0v) is 17.3. The third-order valence-electron chi connectivity index (χ3n) is 4.54. The van der Waals surface area contributed by atoms with Crippen molar-refractivity contribution in [3.05, 3.63) is 77.2 Å². The zero-order chi connectivity index (χ0) is 22.0. The molecule has 0 saturated carbocycles. The zero-order valence-electron chi connectivity index (χ0n) is 16.5. The van der Waals surface area contributed by atoms with Gasteiger partial charge in [-0.15, -0.1) is 0 Å². The van der Waals surface area contributed by atoms with E-state index in [0.29, 0.717) is 39.0 Å². The number of nitrogens with two attached hydrogens (primary N) is 1. The van der Waals surface area contributed by atoms with Crippen molar-refractivity contribution in [1.82, 2.24) is 4.98 Å². The van der Waals surface area contributed by atoms with E-state index in [9.17, 15) is 9.18 Å². The van der Waals surface area contributed by atoms with Crippen molar-refractivity contribution >= 4 is 45.5 Å². The number of benzene rings is 3. The lowest BCUT2D eigenvalue weighted by atomic mass is 10.2. The highest BCUT2D eigenvalue weighted by Gasteiger charge is 2.16. The summed E-state index contributed by atoms with van der Waals surface area (Å²) in [6.45, 7) is 1.93. The molecule has 8 heteroatoms. The summed E-state index contributed by atoms with van der Waals surface area (Å²) in [4.78, 5) is 14.8. The molecule has 0 aliphatic carbocycles. The number of hydrogen-bond donors (Lipinski definition) is 3. The molecule has 6 nitrogen and oxygen atoms in total. The Labute approximate surface area is 182 Å². The lowest BCUT2D eigenvalue weighted by Crippen LogP contribution is -2.04. The predicted octanol–water partition coefficient (Wildman–Crippen LogP) is 6.26. The number of hydrogen-bond acceptors (Lipinski definition) is 5. The number of carbonyl (C=O) groups is 1. The van der Waals surface area contributed by atoms with Gasteiger partial charge < -0.3 is 25.5 Å². The van der Waals surface area contributed by atoms with Gasteiger partial charge in [0.15, 0.2) is 0 Å². The molecule has 4 rings (SSSR count). The minimum atomic E-state index is -0.546. The normalized spacial score (nSPS) is 10.8. The first kappa shape index (κ1) is 20.6. The molecule has 1 heterocycles. The predicted molar refractivity (Wildman–Crippen MR) is 120 cm³/mol. The van der Waals surface area contributed by atoms with Crippen LogP contribution in [-0.2, 0) is 4.74 Å². The Balaban J connectivity index is 1.61. The van der Waals surface area contributed by atoms with Crippen molar-refractivity contribution in [2.45, 2.75) is 6.92 Å². The van der Waals surface area contributed by atoms with Gasteiger partial charge in [-0.1, -0.05) is 17.7 Å². The largest absolute Gasteiger partial charge is 0.461 e. The number of anilines is 3. The van der Waals surface area contributed by atoms with Gasteiger partial charge in [0.25, 0.3) is 0 Å². The molecule has 0 radical (unpaired) electrons. The van der Waals surface area contributed by atoms with E-state index in [1.807, 2.05) is 0 Å². The van der Waals surface area contributed by atoms with Crippen LogP contribution in [0.15, 0.2) is 60.7 Å². The van der Waals surface area contributed by atoms with Gasteiger partial charge in [0.2, 0.25) is 0 Å². The molecule has 0 aliphatic rings. The lowest BCUT2D eigenvalue weighted by molar-refractivity contribution is 0.0520. The lowest BCUT2D eigenvalue weighted by Gasteiger charge is -2.12. The summed E-state index contributed by atoms with van der Waals surface area (Å²) in [5.74, 6) is 0.0186. The molecule has 31 heavy (non-hydrogen) atoms. The Morgan fingerprint density at radius 3 is 2.74 bits per heavy atom. The van der Waals surface area contributed by atoms with Gasteiger partial charge in [-0.2, -0.15) is 0 Å². The Kier molecular flexibility index (Phi) is 5.68. The van der Waals surface area contributed by atoms with E-state index in [0.717, 1.165) is 0 Å². The summed E-state index contributed by atoms with van der Waals surface area (Å²) in [6, 6.07) is 16.7. The Hall–Kier alpha value is -3.71. The maximum atomic E-state index is 14.3. The van der Waals surface area contributed by atoms with Crippen LogP contribution in [0.5, 0.6) is 11.5 Å². The number of halogens is 2. The van der Waals surface area contributed by atoms with Gasteiger partial charge in [-0.05, 0) is 55.5 Å². The van der Waals surface area contributed by atoms with E-state index in [-0.39, 0.29) is 17.8 Å². The van der Waals surface area contributed by atoms with Crippen LogP contribution in [0.4, 0.5) is 21.5 Å². The first-order valence-corrected chi connectivity index (χ1v) is 9.90. The average molecular weight is 440 g/mol. The van der Waals surface area contributed by atoms with Gasteiger partial charge in [0, 0.05) is 28.5 Å². The van der Waals surface area contributed by atoms with Gasteiger partial charge >= 0.3 is 5.97 Å². The van der Waals surface area contributed by atoms with E-state index in [4.69, 9.17) is 26.8 Å². The van der Waals surface area contributed by atoms with Crippen molar-refractivity contribution < 1.29 is 18.7 Å².